The number of ether oxygens (including phenoxy) is 1. The summed E-state index contributed by atoms with van der Waals surface area (Å²) in [4.78, 5) is 17.2. The van der Waals surface area contributed by atoms with Crippen LogP contribution in [0.5, 0.6) is 0 Å². The quantitative estimate of drug-likeness (QED) is 0.822. The van der Waals surface area contributed by atoms with E-state index in [0.717, 1.165) is 58.2 Å². The SMILES string of the molecule is CCc1cc2c(s1)CCO[C@@]21CCN(CC2CC(NC(=O)CC#N)C2)[C@@H](C)C1. The predicted octanol–water partition coefficient (Wildman–Crippen LogP) is 3.37. The van der Waals surface area contributed by atoms with Gasteiger partial charge in [-0.2, -0.15) is 5.26 Å². The molecule has 1 spiro atoms. The number of hydrogen-bond donors (Lipinski definition) is 1. The molecule has 0 aromatic carbocycles. The molecule has 3 heterocycles. The fourth-order valence-electron chi connectivity index (χ4n) is 5.23. The molecule has 0 unspecified atom stereocenters. The van der Waals surface area contributed by atoms with E-state index in [-0.39, 0.29) is 24.0 Å². The van der Waals surface area contributed by atoms with Gasteiger partial charge in [0.25, 0.3) is 0 Å². The average Bonchev–Trinajstić information content (AvgIpc) is 3.07. The molecule has 4 rings (SSSR count). The van der Waals surface area contributed by atoms with E-state index in [1.165, 1.54) is 10.4 Å². The van der Waals surface area contributed by atoms with Crippen molar-refractivity contribution in [2.75, 3.05) is 19.7 Å². The van der Waals surface area contributed by atoms with Crippen LogP contribution in [0.1, 0.15) is 61.3 Å². The lowest BCUT2D eigenvalue weighted by Crippen LogP contribution is -2.54. The molecule has 1 amide bonds. The molecule has 3 aliphatic rings. The standard InChI is InChI=1S/C22H31N3O2S/c1-3-18-12-19-20(28-18)5-9-27-22(19)6-8-25(15(2)13-22)14-16-10-17(11-16)24-21(26)4-7-23/h12,15-17H,3-6,8-11,13-14H2,1-2H3,(H,24,26)/t15-,16?,17?,22+/m0/s1. The molecule has 2 aliphatic heterocycles. The molecule has 1 aliphatic carbocycles. The zero-order valence-electron chi connectivity index (χ0n) is 17.0. The predicted molar refractivity (Wildman–Crippen MR) is 110 cm³/mol. The molecule has 152 valence electrons. The van der Waals surface area contributed by atoms with Crippen LogP contribution in [0.2, 0.25) is 0 Å². The number of thiophene rings is 1. The second-order valence-corrected chi connectivity index (χ2v) is 9.95. The van der Waals surface area contributed by atoms with E-state index in [0.29, 0.717) is 12.0 Å². The van der Waals surface area contributed by atoms with E-state index in [1.807, 2.05) is 17.4 Å². The zero-order valence-corrected chi connectivity index (χ0v) is 17.8. The maximum Gasteiger partial charge on any atom is 0.234 e. The smallest absolute Gasteiger partial charge is 0.234 e. The molecule has 5 nitrogen and oxygen atoms in total. The molecule has 1 saturated heterocycles. The van der Waals surface area contributed by atoms with Gasteiger partial charge in [0, 0.05) is 41.3 Å². The molecular formula is C22H31N3O2S. The van der Waals surface area contributed by atoms with Crippen LogP contribution in [-0.2, 0) is 28.0 Å². The van der Waals surface area contributed by atoms with E-state index in [2.05, 4.69) is 30.1 Å². The Labute approximate surface area is 172 Å². The third-order valence-electron chi connectivity index (χ3n) is 6.79. The third kappa shape index (κ3) is 3.85. The minimum absolute atomic E-state index is 0.0310. The molecule has 0 radical (unpaired) electrons. The van der Waals surface area contributed by atoms with Crippen molar-refractivity contribution >= 4 is 17.2 Å². The van der Waals surface area contributed by atoms with Crippen molar-refractivity contribution in [2.45, 2.75) is 76.5 Å². The molecule has 2 fully saturated rings. The number of likely N-dealkylation sites (tertiary alicyclic amines) is 1. The molecule has 6 heteroatoms. The van der Waals surface area contributed by atoms with Gasteiger partial charge in [-0.1, -0.05) is 6.92 Å². The average molecular weight is 402 g/mol. The molecule has 0 bridgehead atoms. The lowest BCUT2D eigenvalue weighted by molar-refractivity contribution is -0.122. The summed E-state index contributed by atoms with van der Waals surface area (Å²) in [6, 6.07) is 5.11. The highest BCUT2D eigenvalue weighted by atomic mass is 32.1. The number of hydrogen-bond acceptors (Lipinski definition) is 5. The van der Waals surface area contributed by atoms with Crippen molar-refractivity contribution < 1.29 is 9.53 Å². The van der Waals surface area contributed by atoms with Crippen LogP contribution < -0.4 is 5.32 Å². The van der Waals surface area contributed by atoms with Gasteiger partial charge in [-0.15, -0.1) is 11.3 Å². The minimum atomic E-state index is -0.133. The largest absolute Gasteiger partial charge is 0.370 e. The van der Waals surface area contributed by atoms with Crippen LogP contribution in [0.4, 0.5) is 0 Å². The first-order chi connectivity index (χ1) is 13.5. The topological polar surface area (TPSA) is 65.4 Å². The number of rotatable bonds is 5. The van der Waals surface area contributed by atoms with Gasteiger partial charge < -0.3 is 15.0 Å². The van der Waals surface area contributed by atoms with Gasteiger partial charge in [0.2, 0.25) is 5.91 Å². The van der Waals surface area contributed by atoms with Crippen molar-refractivity contribution in [1.29, 1.82) is 5.26 Å². The molecule has 1 saturated carbocycles. The number of aryl methyl sites for hydroxylation is 1. The van der Waals surface area contributed by atoms with E-state index in [4.69, 9.17) is 10.00 Å². The third-order valence-corrected chi connectivity index (χ3v) is 8.13. The normalized spacial score (nSPS) is 32.4. The van der Waals surface area contributed by atoms with Crippen molar-refractivity contribution in [1.82, 2.24) is 10.2 Å². The van der Waals surface area contributed by atoms with Crippen molar-refractivity contribution in [3.8, 4) is 6.07 Å². The summed E-state index contributed by atoms with van der Waals surface area (Å²) in [5.41, 5.74) is 1.41. The highest BCUT2D eigenvalue weighted by molar-refractivity contribution is 7.12. The molecule has 1 aromatic rings. The Balaban J connectivity index is 1.32. The Kier molecular flexibility index (Phi) is 5.78. The Bertz CT molecular complexity index is 764. The van der Waals surface area contributed by atoms with E-state index >= 15 is 0 Å². The highest BCUT2D eigenvalue weighted by Gasteiger charge is 2.45. The summed E-state index contributed by atoms with van der Waals surface area (Å²) in [5, 5.41) is 11.6. The molecule has 1 aromatic heterocycles. The molecular weight excluding hydrogens is 370 g/mol. The van der Waals surface area contributed by atoms with Gasteiger partial charge >= 0.3 is 0 Å². The van der Waals surface area contributed by atoms with Crippen molar-refractivity contribution in [3.63, 3.8) is 0 Å². The lowest BCUT2D eigenvalue weighted by Gasteiger charge is -2.49. The second-order valence-electron chi connectivity index (χ2n) is 8.73. The zero-order chi connectivity index (χ0) is 19.7. The van der Waals surface area contributed by atoms with Crippen LogP contribution in [0.15, 0.2) is 6.07 Å². The summed E-state index contributed by atoms with van der Waals surface area (Å²) in [6.07, 6.45) is 6.39. The summed E-state index contributed by atoms with van der Waals surface area (Å²) in [5.74, 6) is 0.520. The number of nitrogens with one attached hydrogen (secondary N) is 1. The molecule has 1 N–H and O–H groups in total. The number of nitriles is 1. The van der Waals surface area contributed by atoms with Crippen LogP contribution >= 0.6 is 11.3 Å². The van der Waals surface area contributed by atoms with E-state index in [9.17, 15) is 4.79 Å². The first kappa shape index (κ1) is 19.9. The van der Waals surface area contributed by atoms with E-state index in [1.54, 1.807) is 4.88 Å². The Hall–Kier alpha value is -1.42. The van der Waals surface area contributed by atoms with Crippen LogP contribution in [-0.4, -0.2) is 42.6 Å². The first-order valence-electron chi connectivity index (χ1n) is 10.7. The molecule has 28 heavy (non-hydrogen) atoms. The number of fused-ring (bicyclic) bond motifs is 2. The van der Waals surface area contributed by atoms with Gasteiger partial charge in [0.1, 0.15) is 6.42 Å². The van der Waals surface area contributed by atoms with Gasteiger partial charge in [-0.3, -0.25) is 4.79 Å². The van der Waals surface area contributed by atoms with Gasteiger partial charge in [0.15, 0.2) is 0 Å². The summed E-state index contributed by atoms with van der Waals surface area (Å²) in [6.45, 7) is 7.63. The molecule has 2 atom stereocenters. The Morgan fingerprint density at radius 2 is 2.32 bits per heavy atom. The van der Waals surface area contributed by atoms with Crippen LogP contribution in [0.25, 0.3) is 0 Å². The van der Waals surface area contributed by atoms with E-state index < -0.39 is 0 Å². The highest BCUT2D eigenvalue weighted by Crippen LogP contribution is 2.46. The summed E-state index contributed by atoms with van der Waals surface area (Å²) >= 11 is 1.99. The lowest BCUT2D eigenvalue weighted by atomic mass is 9.76. The van der Waals surface area contributed by atoms with Gasteiger partial charge in [-0.05, 0) is 56.6 Å². The van der Waals surface area contributed by atoms with Crippen LogP contribution in [0.3, 0.4) is 0 Å². The van der Waals surface area contributed by atoms with Crippen LogP contribution in [0, 0.1) is 17.2 Å². The number of piperidine rings is 1. The summed E-state index contributed by atoms with van der Waals surface area (Å²) < 4.78 is 6.44. The van der Waals surface area contributed by atoms with Crippen molar-refractivity contribution in [3.05, 3.63) is 21.4 Å². The number of nitrogens with zero attached hydrogens (tertiary/aromatic N) is 2. The maximum atomic E-state index is 11.5. The number of carbonyl (C=O) groups excluding carboxylic acids is 1. The number of amides is 1. The number of carbonyl (C=O) groups is 1. The Morgan fingerprint density at radius 3 is 3.04 bits per heavy atom. The first-order valence-corrected chi connectivity index (χ1v) is 11.5. The fraction of sp³-hybridized carbons (Fsp3) is 0.727. The van der Waals surface area contributed by atoms with Crippen molar-refractivity contribution in [2.24, 2.45) is 5.92 Å². The summed E-state index contributed by atoms with van der Waals surface area (Å²) in [7, 11) is 0. The maximum absolute atomic E-state index is 11.5. The van der Waals surface area contributed by atoms with Gasteiger partial charge in [-0.25, -0.2) is 0 Å². The fourth-order valence-corrected chi connectivity index (χ4v) is 6.41. The monoisotopic (exact) mass is 401 g/mol. The Morgan fingerprint density at radius 1 is 1.50 bits per heavy atom. The minimum Gasteiger partial charge on any atom is -0.370 e. The second kappa shape index (κ2) is 8.14. The van der Waals surface area contributed by atoms with Gasteiger partial charge in [0.05, 0.1) is 18.3 Å².